The van der Waals surface area contributed by atoms with E-state index in [4.69, 9.17) is 5.11 Å². The van der Waals surface area contributed by atoms with Gasteiger partial charge in [0.15, 0.2) is 0 Å². The van der Waals surface area contributed by atoms with E-state index in [1.54, 1.807) is 18.4 Å². The standard InChI is InChI=1S/C9H14BrNO3S2/c1-7(3-2-5-12)11-16(13,14)9-8(10)4-6-15-9/h4,6-7,11-12H,2-3,5H2,1H3. The van der Waals surface area contributed by atoms with Crippen LogP contribution in [0.25, 0.3) is 0 Å². The van der Waals surface area contributed by atoms with Crippen LogP contribution >= 0.6 is 27.3 Å². The van der Waals surface area contributed by atoms with Gasteiger partial charge in [0.2, 0.25) is 0 Å². The first kappa shape index (κ1) is 14.1. The summed E-state index contributed by atoms with van der Waals surface area (Å²) in [5.74, 6) is 0. The molecule has 1 aromatic heterocycles. The topological polar surface area (TPSA) is 66.4 Å². The van der Waals surface area contributed by atoms with Crippen molar-refractivity contribution in [3.05, 3.63) is 15.9 Å². The fraction of sp³-hybridized carbons (Fsp3) is 0.556. The molecule has 0 radical (unpaired) electrons. The molecule has 0 bridgehead atoms. The fourth-order valence-electron chi connectivity index (χ4n) is 1.25. The smallest absolute Gasteiger partial charge is 0.251 e. The Morgan fingerprint density at radius 3 is 2.81 bits per heavy atom. The molecule has 0 aromatic carbocycles. The molecule has 1 rings (SSSR count). The molecule has 92 valence electrons. The van der Waals surface area contributed by atoms with Crippen LogP contribution in [0, 0.1) is 0 Å². The van der Waals surface area contributed by atoms with Gasteiger partial charge in [0.05, 0.1) is 0 Å². The Kier molecular flexibility index (Phi) is 5.39. The molecule has 0 amide bonds. The zero-order valence-electron chi connectivity index (χ0n) is 8.81. The second kappa shape index (κ2) is 6.11. The Labute approximate surface area is 108 Å². The zero-order valence-corrected chi connectivity index (χ0v) is 12.0. The first-order valence-corrected chi connectivity index (χ1v) is 7.99. The average molecular weight is 328 g/mol. The SMILES string of the molecule is CC(CCCO)NS(=O)(=O)c1sccc1Br. The van der Waals surface area contributed by atoms with Gasteiger partial charge in [-0.2, -0.15) is 0 Å². The highest BCUT2D eigenvalue weighted by Gasteiger charge is 2.21. The van der Waals surface area contributed by atoms with Crippen LogP contribution in [0.5, 0.6) is 0 Å². The summed E-state index contributed by atoms with van der Waals surface area (Å²) in [6.07, 6.45) is 1.22. The molecule has 0 spiro atoms. The van der Waals surface area contributed by atoms with Gasteiger partial charge < -0.3 is 5.11 Å². The van der Waals surface area contributed by atoms with E-state index >= 15 is 0 Å². The van der Waals surface area contributed by atoms with Gasteiger partial charge in [0.25, 0.3) is 10.0 Å². The van der Waals surface area contributed by atoms with Gasteiger partial charge in [-0.3, -0.25) is 0 Å². The lowest BCUT2D eigenvalue weighted by atomic mass is 10.2. The zero-order chi connectivity index (χ0) is 12.2. The molecule has 1 heterocycles. The van der Waals surface area contributed by atoms with Gasteiger partial charge in [0, 0.05) is 17.1 Å². The molecule has 7 heteroatoms. The average Bonchev–Trinajstić information content (AvgIpc) is 2.61. The van der Waals surface area contributed by atoms with Crippen LogP contribution in [0.15, 0.2) is 20.1 Å². The Morgan fingerprint density at radius 2 is 2.31 bits per heavy atom. The monoisotopic (exact) mass is 327 g/mol. The third-order valence-corrected chi connectivity index (χ3v) is 6.24. The molecule has 1 aromatic rings. The van der Waals surface area contributed by atoms with Crippen molar-refractivity contribution in [3.8, 4) is 0 Å². The van der Waals surface area contributed by atoms with Gasteiger partial charge in [-0.05, 0) is 47.1 Å². The highest BCUT2D eigenvalue weighted by molar-refractivity contribution is 9.10. The molecule has 0 fully saturated rings. The van der Waals surface area contributed by atoms with E-state index in [2.05, 4.69) is 20.7 Å². The normalized spacial score (nSPS) is 13.9. The Hall–Kier alpha value is 0.0500. The summed E-state index contributed by atoms with van der Waals surface area (Å²) < 4.78 is 27.2. The maximum atomic E-state index is 11.9. The van der Waals surface area contributed by atoms with Crippen molar-refractivity contribution in [1.29, 1.82) is 0 Å². The van der Waals surface area contributed by atoms with Crippen LogP contribution < -0.4 is 4.72 Å². The van der Waals surface area contributed by atoms with Crippen molar-refractivity contribution in [1.82, 2.24) is 4.72 Å². The third-order valence-electron chi connectivity index (χ3n) is 1.98. The number of halogens is 1. The summed E-state index contributed by atoms with van der Waals surface area (Å²) in [6.45, 7) is 1.86. The lowest BCUT2D eigenvalue weighted by Gasteiger charge is -2.12. The van der Waals surface area contributed by atoms with Crippen LogP contribution in [0.3, 0.4) is 0 Å². The number of aliphatic hydroxyl groups is 1. The van der Waals surface area contributed by atoms with Gasteiger partial charge in [0.1, 0.15) is 4.21 Å². The fourth-order valence-corrected chi connectivity index (χ4v) is 4.88. The van der Waals surface area contributed by atoms with E-state index in [-0.39, 0.29) is 12.6 Å². The first-order chi connectivity index (χ1) is 7.47. The molecule has 2 N–H and O–H groups in total. The number of aliphatic hydroxyl groups excluding tert-OH is 1. The molecule has 16 heavy (non-hydrogen) atoms. The molecule has 0 aliphatic rings. The predicted octanol–water partition coefficient (Wildman–Crippen LogP) is 1.95. The maximum Gasteiger partial charge on any atom is 0.251 e. The van der Waals surface area contributed by atoms with Crippen LogP contribution in [0.1, 0.15) is 19.8 Å². The van der Waals surface area contributed by atoms with Crippen molar-refractivity contribution in [2.24, 2.45) is 0 Å². The van der Waals surface area contributed by atoms with Crippen LogP contribution in [-0.4, -0.2) is 26.2 Å². The van der Waals surface area contributed by atoms with Crippen molar-refractivity contribution < 1.29 is 13.5 Å². The van der Waals surface area contributed by atoms with Crippen molar-refractivity contribution in [3.63, 3.8) is 0 Å². The largest absolute Gasteiger partial charge is 0.396 e. The summed E-state index contributed by atoms with van der Waals surface area (Å²) in [7, 11) is -3.44. The van der Waals surface area contributed by atoms with Gasteiger partial charge >= 0.3 is 0 Å². The summed E-state index contributed by atoms with van der Waals surface area (Å²) in [6, 6.07) is 1.53. The van der Waals surface area contributed by atoms with Gasteiger partial charge in [-0.15, -0.1) is 11.3 Å². The van der Waals surface area contributed by atoms with Gasteiger partial charge in [-0.1, -0.05) is 0 Å². The second-order valence-corrected chi connectivity index (χ2v) is 7.12. The molecule has 4 nitrogen and oxygen atoms in total. The summed E-state index contributed by atoms with van der Waals surface area (Å²) in [5.41, 5.74) is 0. The maximum absolute atomic E-state index is 11.9. The van der Waals surface area contributed by atoms with E-state index in [9.17, 15) is 8.42 Å². The summed E-state index contributed by atoms with van der Waals surface area (Å²) in [5, 5.41) is 10.4. The number of sulfonamides is 1. The van der Waals surface area contributed by atoms with E-state index < -0.39 is 10.0 Å². The van der Waals surface area contributed by atoms with Crippen LogP contribution in [0.2, 0.25) is 0 Å². The number of rotatable bonds is 6. The predicted molar refractivity (Wildman–Crippen MR) is 68.1 cm³/mol. The van der Waals surface area contributed by atoms with Crippen LogP contribution in [-0.2, 0) is 10.0 Å². The van der Waals surface area contributed by atoms with Crippen molar-refractivity contribution in [2.75, 3.05) is 6.61 Å². The van der Waals surface area contributed by atoms with Crippen LogP contribution in [0.4, 0.5) is 0 Å². The molecule has 0 aliphatic heterocycles. The highest BCUT2D eigenvalue weighted by Crippen LogP contribution is 2.27. The lowest BCUT2D eigenvalue weighted by molar-refractivity contribution is 0.279. The van der Waals surface area contributed by atoms with E-state index in [0.717, 1.165) is 0 Å². The molecule has 1 atom stereocenters. The van der Waals surface area contributed by atoms with Crippen molar-refractivity contribution in [2.45, 2.75) is 30.0 Å². The number of thiophene rings is 1. The molecular formula is C9H14BrNO3S2. The van der Waals surface area contributed by atoms with Crippen molar-refractivity contribution >= 4 is 37.3 Å². The summed E-state index contributed by atoms with van der Waals surface area (Å²) >= 11 is 4.37. The molecule has 0 aliphatic carbocycles. The quantitative estimate of drug-likeness (QED) is 0.839. The van der Waals surface area contributed by atoms with E-state index in [1.165, 1.54) is 11.3 Å². The van der Waals surface area contributed by atoms with E-state index in [0.29, 0.717) is 21.5 Å². The number of hydrogen-bond donors (Lipinski definition) is 2. The van der Waals surface area contributed by atoms with Gasteiger partial charge in [-0.25, -0.2) is 13.1 Å². The minimum absolute atomic E-state index is 0.0781. The summed E-state index contributed by atoms with van der Waals surface area (Å²) in [4.78, 5) is 0. The lowest BCUT2D eigenvalue weighted by Crippen LogP contribution is -2.32. The Balaban J connectivity index is 2.69. The molecular weight excluding hydrogens is 314 g/mol. The highest BCUT2D eigenvalue weighted by atomic mass is 79.9. The minimum atomic E-state index is -3.44. The Morgan fingerprint density at radius 1 is 1.62 bits per heavy atom. The number of nitrogens with one attached hydrogen (secondary N) is 1. The first-order valence-electron chi connectivity index (χ1n) is 4.83. The molecule has 1 unspecified atom stereocenters. The molecule has 0 saturated carbocycles. The number of hydrogen-bond acceptors (Lipinski definition) is 4. The van der Waals surface area contributed by atoms with E-state index in [1.807, 2.05) is 0 Å². The second-order valence-electron chi connectivity index (χ2n) is 3.44. The molecule has 0 saturated heterocycles. The Bertz CT molecular complexity index is 430. The minimum Gasteiger partial charge on any atom is -0.396 e. The third kappa shape index (κ3) is 3.81.